The van der Waals surface area contributed by atoms with Crippen molar-refractivity contribution < 1.29 is 4.79 Å². The van der Waals surface area contributed by atoms with Gasteiger partial charge < -0.3 is 4.90 Å². The molecule has 0 N–H and O–H groups in total. The molecule has 0 aliphatic carbocycles. The van der Waals surface area contributed by atoms with Gasteiger partial charge in [-0.3, -0.25) is 14.4 Å². The van der Waals surface area contributed by atoms with Gasteiger partial charge in [-0.2, -0.15) is 5.10 Å². The van der Waals surface area contributed by atoms with Crippen molar-refractivity contribution in [2.24, 2.45) is 7.05 Å². The zero-order valence-corrected chi connectivity index (χ0v) is 17.7. The van der Waals surface area contributed by atoms with Crippen LogP contribution < -0.4 is 0 Å². The number of amides is 1. The number of aryl methyl sites for hydroxylation is 1. The molecule has 2 aromatic rings. The van der Waals surface area contributed by atoms with E-state index in [4.69, 9.17) is 0 Å². The van der Waals surface area contributed by atoms with Gasteiger partial charge >= 0.3 is 0 Å². The van der Waals surface area contributed by atoms with Crippen LogP contribution in [-0.4, -0.2) is 51.7 Å². The maximum atomic E-state index is 12.9. The summed E-state index contributed by atoms with van der Waals surface area (Å²) in [4.78, 5) is 18.6. The average Bonchev–Trinajstić information content (AvgIpc) is 3.13. The predicted octanol–water partition coefficient (Wildman–Crippen LogP) is 3.50. The molecular weight excluding hydrogens is 400 g/mol. The minimum absolute atomic E-state index is 0.0516. The SMILES string of the molecule is Cn1nc(C(C)(C)C)cc1C(=O)N1CCN(Cc2ccc(Br)s2)CC1. The number of aromatic nitrogens is 2. The van der Waals surface area contributed by atoms with Gasteiger partial charge in [-0.25, -0.2) is 0 Å². The number of nitrogens with zero attached hydrogens (tertiary/aromatic N) is 4. The van der Waals surface area contributed by atoms with E-state index in [1.807, 2.05) is 18.0 Å². The standard InChI is InChI=1S/C18H25BrN4OS/c1-18(2,3)15-11-14(21(4)20-15)17(24)23-9-7-22(8-10-23)12-13-5-6-16(19)25-13/h5-6,11H,7-10,12H2,1-4H3. The first-order chi connectivity index (χ1) is 11.7. The van der Waals surface area contributed by atoms with Gasteiger partial charge in [0.05, 0.1) is 9.48 Å². The molecule has 5 nitrogen and oxygen atoms in total. The summed E-state index contributed by atoms with van der Waals surface area (Å²) in [7, 11) is 1.85. The quantitative estimate of drug-likeness (QED) is 0.756. The van der Waals surface area contributed by atoms with E-state index in [-0.39, 0.29) is 11.3 Å². The highest BCUT2D eigenvalue weighted by Crippen LogP contribution is 2.24. The Labute approximate surface area is 161 Å². The van der Waals surface area contributed by atoms with E-state index in [0.717, 1.165) is 38.4 Å². The monoisotopic (exact) mass is 424 g/mol. The number of carbonyl (C=O) groups excluding carboxylic acids is 1. The highest BCUT2D eigenvalue weighted by atomic mass is 79.9. The molecule has 0 aromatic carbocycles. The lowest BCUT2D eigenvalue weighted by Crippen LogP contribution is -2.48. The Morgan fingerprint density at radius 1 is 1.24 bits per heavy atom. The van der Waals surface area contributed by atoms with E-state index < -0.39 is 0 Å². The van der Waals surface area contributed by atoms with Gasteiger partial charge in [0, 0.05) is 50.1 Å². The van der Waals surface area contributed by atoms with Crippen LogP contribution >= 0.6 is 27.3 Å². The van der Waals surface area contributed by atoms with Crippen molar-refractivity contribution in [2.75, 3.05) is 26.2 Å². The summed E-state index contributed by atoms with van der Waals surface area (Å²) in [5, 5.41) is 4.53. The summed E-state index contributed by atoms with van der Waals surface area (Å²) >= 11 is 5.29. The number of hydrogen-bond acceptors (Lipinski definition) is 4. The molecule has 3 rings (SSSR count). The van der Waals surface area contributed by atoms with Crippen molar-refractivity contribution in [2.45, 2.75) is 32.7 Å². The predicted molar refractivity (Wildman–Crippen MR) is 105 cm³/mol. The van der Waals surface area contributed by atoms with Crippen LogP contribution in [0.25, 0.3) is 0 Å². The van der Waals surface area contributed by atoms with Gasteiger partial charge in [0.1, 0.15) is 5.69 Å². The number of halogens is 1. The van der Waals surface area contributed by atoms with E-state index in [9.17, 15) is 4.79 Å². The molecule has 0 spiro atoms. The summed E-state index contributed by atoms with van der Waals surface area (Å²) in [6, 6.07) is 6.20. The van der Waals surface area contributed by atoms with Gasteiger partial charge in [-0.05, 0) is 34.1 Å². The largest absolute Gasteiger partial charge is 0.335 e. The Bertz CT molecular complexity index is 753. The lowest BCUT2D eigenvalue weighted by atomic mass is 9.92. The fourth-order valence-corrected chi connectivity index (χ4v) is 4.49. The molecule has 3 heterocycles. The zero-order valence-electron chi connectivity index (χ0n) is 15.3. The van der Waals surface area contributed by atoms with Crippen LogP contribution in [0.1, 0.15) is 41.8 Å². The van der Waals surface area contributed by atoms with E-state index >= 15 is 0 Å². The fourth-order valence-electron chi connectivity index (χ4n) is 2.96. The average molecular weight is 425 g/mol. The molecule has 25 heavy (non-hydrogen) atoms. The Hall–Kier alpha value is -1.18. The summed E-state index contributed by atoms with van der Waals surface area (Å²) in [6.07, 6.45) is 0. The van der Waals surface area contributed by atoms with Crippen molar-refractivity contribution in [3.05, 3.63) is 38.3 Å². The summed E-state index contributed by atoms with van der Waals surface area (Å²) in [5.41, 5.74) is 1.59. The molecule has 0 radical (unpaired) electrons. The number of piperazine rings is 1. The van der Waals surface area contributed by atoms with Gasteiger partial charge in [0.25, 0.3) is 5.91 Å². The first-order valence-electron chi connectivity index (χ1n) is 8.54. The van der Waals surface area contributed by atoms with Gasteiger partial charge in [0.2, 0.25) is 0 Å². The summed E-state index contributed by atoms with van der Waals surface area (Å²) in [6.45, 7) is 10.7. The lowest BCUT2D eigenvalue weighted by molar-refractivity contribution is 0.0619. The molecule has 7 heteroatoms. The third-order valence-electron chi connectivity index (χ3n) is 4.54. The molecule has 136 valence electrons. The Balaban J connectivity index is 1.61. The zero-order chi connectivity index (χ0) is 18.2. The van der Waals surface area contributed by atoms with Crippen LogP contribution in [0.5, 0.6) is 0 Å². The van der Waals surface area contributed by atoms with E-state index in [1.54, 1.807) is 16.0 Å². The maximum Gasteiger partial charge on any atom is 0.272 e. The van der Waals surface area contributed by atoms with Crippen molar-refractivity contribution in [3.63, 3.8) is 0 Å². The topological polar surface area (TPSA) is 41.4 Å². The smallest absolute Gasteiger partial charge is 0.272 e. The molecule has 1 aliphatic heterocycles. The van der Waals surface area contributed by atoms with Crippen molar-refractivity contribution in [3.8, 4) is 0 Å². The van der Waals surface area contributed by atoms with Crippen molar-refractivity contribution in [1.29, 1.82) is 0 Å². The summed E-state index contributed by atoms with van der Waals surface area (Å²) in [5.74, 6) is 0.0871. The second-order valence-electron chi connectivity index (χ2n) is 7.56. The molecule has 1 aliphatic rings. The molecule has 1 saturated heterocycles. The molecular formula is C18H25BrN4OS. The van der Waals surface area contributed by atoms with Gasteiger partial charge in [-0.15, -0.1) is 11.3 Å². The van der Waals surface area contributed by atoms with Crippen molar-refractivity contribution >= 4 is 33.2 Å². The minimum atomic E-state index is -0.0516. The van der Waals surface area contributed by atoms with E-state index in [2.05, 4.69) is 58.8 Å². The normalized spacial score (nSPS) is 16.4. The molecule has 2 aromatic heterocycles. The van der Waals surface area contributed by atoms with Crippen LogP contribution in [0.4, 0.5) is 0 Å². The molecule has 0 atom stereocenters. The first kappa shape index (κ1) is 18.6. The Morgan fingerprint density at radius 2 is 1.92 bits per heavy atom. The molecule has 1 amide bonds. The van der Waals surface area contributed by atoms with Crippen LogP contribution in [0.2, 0.25) is 0 Å². The highest BCUT2D eigenvalue weighted by Gasteiger charge is 2.27. The number of thiophene rings is 1. The van der Waals surface area contributed by atoms with Crippen LogP contribution in [0, 0.1) is 0 Å². The first-order valence-corrected chi connectivity index (χ1v) is 10.2. The van der Waals surface area contributed by atoms with E-state index in [0.29, 0.717) is 5.69 Å². The van der Waals surface area contributed by atoms with Crippen LogP contribution in [0.15, 0.2) is 22.0 Å². The second-order valence-corrected chi connectivity index (χ2v) is 10.1. The van der Waals surface area contributed by atoms with Crippen molar-refractivity contribution in [1.82, 2.24) is 19.6 Å². The molecule has 0 saturated carbocycles. The number of rotatable bonds is 3. The summed E-state index contributed by atoms with van der Waals surface area (Å²) < 4.78 is 2.89. The van der Waals surface area contributed by atoms with E-state index in [1.165, 1.54) is 8.66 Å². The van der Waals surface area contributed by atoms with Gasteiger partial charge in [0.15, 0.2) is 0 Å². The van der Waals surface area contributed by atoms with Gasteiger partial charge in [-0.1, -0.05) is 20.8 Å². The Morgan fingerprint density at radius 3 is 2.44 bits per heavy atom. The fraction of sp³-hybridized carbons (Fsp3) is 0.556. The molecule has 0 unspecified atom stereocenters. The second kappa shape index (κ2) is 7.21. The third kappa shape index (κ3) is 4.33. The number of hydrogen-bond donors (Lipinski definition) is 0. The molecule has 1 fully saturated rings. The maximum absolute atomic E-state index is 12.9. The van der Waals surface area contributed by atoms with Crippen LogP contribution in [0.3, 0.4) is 0 Å². The lowest BCUT2D eigenvalue weighted by Gasteiger charge is -2.34. The highest BCUT2D eigenvalue weighted by molar-refractivity contribution is 9.11. The Kier molecular flexibility index (Phi) is 5.37. The number of carbonyl (C=O) groups is 1. The molecule has 0 bridgehead atoms. The minimum Gasteiger partial charge on any atom is -0.335 e. The van der Waals surface area contributed by atoms with Crippen LogP contribution in [-0.2, 0) is 19.0 Å². The third-order valence-corrected chi connectivity index (χ3v) is 6.14.